The van der Waals surface area contributed by atoms with E-state index in [-0.39, 0.29) is 11.5 Å². The van der Waals surface area contributed by atoms with E-state index in [1.807, 2.05) is 20.8 Å². The van der Waals surface area contributed by atoms with Crippen LogP contribution in [-0.4, -0.2) is 11.1 Å². The predicted molar refractivity (Wildman–Crippen MR) is 56.5 cm³/mol. The van der Waals surface area contributed by atoms with Gasteiger partial charge in [0, 0.05) is 6.20 Å². The van der Waals surface area contributed by atoms with Gasteiger partial charge in [0.05, 0.1) is 11.7 Å². The minimum absolute atomic E-state index is 0.275. The van der Waals surface area contributed by atoms with Gasteiger partial charge < -0.3 is 4.74 Å². The molecule has 15 heavy (non-hydrogen) atoms. The summed E-state index contributed by atoms with van der Waals surface area (Å²) in [7, 11) is 0. The molecule has 1 saturated carbocycles. The fraction of sp³-hybridized carbons (Fsp3) is 0.583. The molecule has 0 saturated heterocycles. The van der Waals surface area contributed by atoms with Crippen molar-refractivity contribution in [2.24, 2.45) is 0 Å². The summed E-state index contributed by atoms with van der Waals surface area (Å²) in [5.41, 5.74) is 0.305. The molecule has 1 aliphatic rings. The smallest absolute Gasteiger partial charge is 0.220 e. The van der Waals surface area contributed by atoms with Crippen molar-refractivity contribution >= 4 is 0 Å². The number of halogens is 1. The van der Waals surface area contributed by atoms with E-state index in [4.69, 9.17) is 4.74 Å². The molecule has 1 aromatic rings. The number of nitrogens with zero attached hydrogens (tertiary/aromatic N) is 1. The normalized spacial score (nSPS) is 16.5. The van der Waals surface area contributed by atoms with E-state index in [1.54, 1.807) is 6.07 Å². The maximum Gasteiger partial charge on any atom is 0.220 e. The van der Waals surface area contributed by atoms with Gasteiger partial charge in [-0.3, -0.25) is 0 Å². The van der Waals surface area contributed by atoms with Crippen molar-refractivity contribution in [3.63, 3.8) is 0 Å². The van der Waals surface area contributed by atoms with Gasteiger partial charge in [-0.1, -0.05) is 20.8 Å². The average Bonchev–Trinajstić information content (AvgIpc) is 2.85. The van der Waals surface area contributed by atoms with Crippen LogP contribution in [0.5, 0.6) is 5.75 Å². The molecule has 0 bridgehead atoms. The second-order valence-corrected chi connectivity index (χ2v) is 5.04. The number of hydrogen-bond donors (Lipinski definition) is 0. The summed E-state index contributed by atoms with van der Waals surface area (Å²) in [5, 5.41) is 0. The highest BCUT2D eigenvalue weighted by Crippen LogP contribution is 2.36. The molecule has 0 amide bonds. The van der Waals surface area contributed by atoms with Gasteiger partial charge in [-0.05, 0) is 24.3 Å². The van der Waals surface area contributed by atoms with Crippen LogP contribution in [0, 0.1) is 5.95 Å². The van der Waals surface area contributed by atoms with E-state index in [0.29, 0.717) is 11.3 Å². The molecule has 0 N–H and O–H groups in total. The first-order chi connectivity index (χ1) is 6.98. The summed E-state index contributed by atoms with van der Waals surface area (Å²) < 4.78 is 19.3. The fourth-order valence-electron chi connectivity index (χ4n) is 1.56. The van der Waals surface area contributed by atoms with Crippen molar-refractivity contribution in [1.82, 2.24) is 4.98 Å². The molecular formula is C12H16FNO. The Morgan fingerprint density at radius 1 is 1.40 bits per heavy atom. The minimum atomic E-state index is -0.416. The first-order valence-electron chi connectivity index (χ1n) is 5.30. The number of ether oxygens (including phenoxy) is 1. The van der Waals surface area contributed by atoms with Crippen LogP contribution in [0.15, 0.2) is 12.3 Å². The maximum absolute atomic E-state index is 13.6. The van der Waals surface area contributed by atoms with Crippen LogP contribution in [0.2, 0.25) is 0 Å². The lowest BCUT2D eigenvalue weighted by Crippen LogP contribution is -2.17. The topological polar surface area (TPSA) is 22.1 Å². The highest BCUT2D eigenvalue weighted by Gasteiger charge is 2.29. The molecule has 0 atom stereocenters. The van der Waals surface area contributed by atoms with Crippen LogP contribution in [0.4, 0.5) is 4.39 Å². The van der Waals surface area contributed by atoms with Crippen molar-refractivity contribution in [2.75, 3.05) is 0 Å². The van der Waals surface area contributed by atoms with E-state index < -0.39 is 5.95 Å². The van der Waals surface area contributed by atoms with E-state index in [9.17, 15) is 4.39 Å². The number of hydrogen-bond acceptors (Lipinski definition) is 2. The lowest BCUT2D eigenvalue weighted by Gasteiger charge is -2.22. The Balaban J connectivity index is 2.38. The number of aromatic nitrogens is 1. The molecule has 1 aromatic heterocycles. The monoisotopic (exact) mass is 209 g/mol. The van der Waals surface area contributed by atoms with Crippen LogP contribution in [0.1, 0.15) is 39.2 Å². The van der Waals surface area contributed by atoms with E-state index >= 15 is 0 Å². The fourth-order valence-corrected chi connectivity index (χ4v) is 1.56. The summed E-state index contributed by atoms with van der Waals surface area (Å²) in [5.74, 6) is 0.234. The SMILES string of the molecule is CC(C)(C)c1c(OC2CC2)ccnc1F. The van der Waals surface area contributed by atoms with Crippen LogP contribution >= 0.6 is 0 Å². The first-order valence-corrected chi connectivity index (χ1v) is 5.30. The van der Waals surface area contributed by atoms with Gasteiger partial charge in [-0.25, -0.2) is 4.98 Å². The Kier molecular flexibility index (Phi) is 2.41. The zero-order valence-electron chi connectivity index (χ0n) is 9.38. The molecule has 0 aliphatic heterocycles. The Morgan fingerprint density at radius 2 is 2.07 bits per heavy atom. The van der Waals surface area contributed by atoms with E-state index in [0.717, 1.165) is 12.8 Å². The highest BCUT2D eigenvalue weighted by molar-refractivity contribution is 5.37. The van der Waals surface area contributed by atoms with Gasteiger partial charge in [-0.2, -0.15) is 4.39 Å². The molecule has 1 heterocycles. The highest BCUT2D eigenvalue weighted by atomic mass is 19.1. The third kappa shape index (κ3) is 2.28. The largest absolute Gasteiger partial charge is 0.490 e. The van der Waals surface area contributed by atoms with Crippen molar-refractivity contribution in [2.45, 2.75) is 45.1 Å². The Labute approximate surface area is 89.5 Å². The van der Waals surface area contributed by atoms with Gasteiger partial charge in [0.1, 0.15) is 5.75 Å². The minimum Gasteiger partial charge on any atom is -0.490 e. The molecule has 82 valence electrons. The van der Waals surface area contributed by atoms with Crippen molar-refractivity contribution in [3.05, 3.63) is 23.8 Å². The lowest BCUT2D eigenvalue weighted by molar-refractivity contribution is 0.290. The van der Waals surface area contributed by atoms with Gasteiger partial charge in [0.25, 0.3) is 0 Å². The van der Waals surface area contributed by atoms with Crippen molar-refractivity contribution in [1.29, 1.82) is 0 Å². The summed E-state index contributed by atoms with van der Waals surface area (Å²) >= 11 is 0. The average molecular weight is 209 g/mol. The Bertz CT molecular complexity index is 366. The van der Waals surface area contributed by atoms with Crippen LogP contribution in [0.25, 0.3) is 0 Å². The summed E-state index contributed by atoms with van der Waals surface area (Å²) in [4.78, 5) is 3.69. The van der Waals surface area contributed by atoms with E-state index in [2.05, 4.69) is 4.98 Å². The zero-order valence-corrected chi connectivity index (χ0v) is 9.38. The Hall–Kier alpha value is -1.12. The quantitative estimate of drug-likeness (QED) is 0.698. The predicted octanol–water partition coefficient (Wildman–Crippen LogP) is 3.06. The second-order valence-electron chi connectivity index (χ2n) is 5.04. The lowest BCUT2D eigenvalue weighted by atomic mass is 9.87. The van der Waals surface area contributed by atoms with Crippen molar-refractivity contribution < 1.29 is 9.13 Å². The number of rotatable bonds is 2. The molecule has 0 radical (unpaired) electrons. The molecule has 0 spiro atoms. The Morgan fingerprint density at radius 3 is 2.60 bits per heavy atom. The molecule has 2 nitrogen and oxygen atoms in total. The third-order valence-electron chi connectivity index (χ3n) is 2.43. The van der Waals surface area contributed by atoms with Crippen LogP contribution in [0.3, 0.4) is 0 Å². The summed E-state index contributed by atoms with van der Waals surface area (Å²) in [6.45, 7) is 5.90. The van der Waals surface area contributed by atoms with Gasteiger partial charge in [0.15, 0.2) is 0 Å². The van der Waals surface area contributed by atoms with Crippen LogP contribution < -0.4 is 4.74 Å². The standard InChI is InChI=1S/C12H16FNO/c1-12(2,3)10-9(15-8-4-5-8)6-7-14-11(10)13/h6-8H,4-5H2,1-3H3. The first kappa shape index (κ1) is 10.4. The molecule has 3 heteroatoms. The zero-order chi connectivity index (χ0) is 11.1. The van der Waals surface area contributed by atoms with Crippen molar-refractivity contribution in [3.8, 4) is 5.75 Å². The maximum atomic E-state index is 13.6. The number of pyridine rings is 1. The molecule has 0 aromatic carbocycles. The van der Waals surface area contributed by atoms with Gasteiger partial charge in [0.2, 0.25) is 5.95 Å². The van der Waals surface area contributed by atoms with Gasteiger partial charge in [-0.15, -0.1) is 0 Å². The molecule has 0 unspecified atom stereocenters. The molecule has 1 aliphatic carbocycles. The molecule has 2 rings (SSSR count). The van der Waals surface area contributed by atoms with E-state index in [1.165, 1.54) is 6.20 Å². The second kappa shape index (κ2) is 3.47. The summed E-state index contributed by atoms with van der Waals surface area (Å²) in [6, 6.07) is 1.75. The summed E-state index contributed by atoms with van der Waals surface area (Å²) in [6.07, 6.45) is 3.90. The van der Waals surface area contributed by atoms with Crippen LogP contribution in [-0.2, 0) is 5.41 Å². The van der Waals surface area contributed by atoms with Gasteiger partial charge >= 0.3 is 0 Å². The molecular weight excluding hydrogens is 193 g/mol. The molecule has 1 fully saturated rings. The third-order valence-corrected chi connectivity index (χ3v) is 2.43.